The van der Waals surface area contributed by atoms with E-state index in [2.05, 4.69) is 0 Å². The molecule has 0 radical (unpaired) electrons. The Bertz CT molecular complexity index is 768. The Hall–Kier alpha value is -2.76. The molecule has 1 aromatic carbocycles. The molecule has 0 saturated carbocycles. The molecule has 0 saturated heterocycles. The van der Waals surface area contributed by atoms with Gasteiger partial charge in [-0.1, -0.05) is 12.1 Å². The van der Waals surface area contributed by atoms with Crippen molar-refractivity contribution in [3.63, 3.8) is 0 Å². The lowest BCUT2D eigenvalue weighted by atomic mass is 10.2. The van der Waals surface area contributed by atoms with Gasteiger partial charge >= 0.3 is 0 Å². The van der Waals surface area contributed by atoms with Crippen LogP contribution >= 0.6 is 0 Å². The van der Waals surface area contributed by atoms with Crippen molar-refractivity contribution in [1.82, 2.24) is 4.90 Å². The zero-order valence-corrected chi connectivity index (χ0v) is 14.0. The summed E-state index contributed by atoms with van der Waals surface area (Å²) in [6, 6.07) is 10.9. The number of hydrogen-bond acceptors (Lipinski definition) is 4. The van der Waals surface area contributed by atoms with Gasteiger partial charge in [0, 0.05) is 7.05 Å². The number of amides is 2. The van der Waals surface area contributed by atoms with Gasteiger partial charge in [-0.15, -0.1) is 0 Å². The Labute approximate surface area is 140 Å². The second-order valence-electron chi connectivity index (χ2n) is 5.91. The number of furan rings is 1. The van der Waals surface area contributed by atoms with E-state index in [9.17, 15) is 9.59 Å². The summed E-state index contributed by atoms with van der Waals surface area (Å²) < 4.78 is 11.1. The highest BCUT2D eigenvalue weighted by molar-refractivity contribution is 6.03. The fourth-order valence-electron chi connectivity index (χ4n) is 2.67. The first kappa shape index (κ1) is 16.1. The van der Waals surface area contributed by atoms with Crippen LogP contribution in [-0.4, -0.2) is 36.4 Å². The summed E-state index contributed by atoms with van der Waals surface area (Å²) in [6.45, 7) is 3.88. The van der Waals surface area contributed by atoms with Crippen LogP contribution < -0.4 is 9.64 Å². The third-order valence-electron chi connectivity index (χ3n) is 3.98. The maximum absolute atomic E-state index is 12.5. The largest absolute Gasteiger partial charge is 0.479 e. The first-order valence-corrected chi connectivity index (χ1v) is 7.82. The molecule has 1 aliphatic rings. The van der Waals surface area contributed by atoms with E-state index in [4.69, 9.17) is 9.15 Å². The highest BCUT2D eigenvalue weighted by atomic mass is 16.5. The number of aryl methyl sites for hydroxylation is 1. The predicted octanol–water partition coefficient (Wildman–Crippen LogP) is 2.36. The first-order chi connectivity index (χ1) is 11.5. The van der Waals surface area contributed by atoms with Gasteiger partial charge in [-0.05, 0) is 38.1 Å². The highest BCUT2D eigenvalue weighted by Gasteiger charge is 2.33. The lowest BCUT2D eigenvalue weighted by molar-refractivity contribution is -0.132. The summed E-state index contributed by atoms with van der Waals surface area (Å²) >= 11 is 0. The van der Waals surface area contributed by atoms with Crippen LogP contribution in [0, 0.1) is 6.92 Å². The summed E-state index contributed by atoms with van der Waals surface area (Å²) in [5.41, 5.74) is 0.621. The zero-order valence-electron chi connectivity index (χ0n) is 14.0. The summed E-state index contributed by atoms with van der Waals surface area (Å²) in [5.74, 6) is 1.75. The third-order valence-corrected chi connectivity index (χ3v) is 3.98. The minimum atomic E-state index is -0.606. The Morgan fingerprint density at radius 1 is 1.25 bits per heavy atom. The van der Waals surface area contributed by atoms with Gasteiger partial charge in [0.05, 0.1) is 12.2 Å². The molecule has 2 aromatic rings. The lowest BCUT2D eigenvalue weighted by Gasteiger charge is -2.33. The Morgan fingerprint density at radius 2 is 2.00 bits per heavy atom. The molecule has 1 aromatic heterocycles. The summed E-state index contributed by atoms with van der Waals surface area (Å²) in [5, 5.41) is 0. The number of benzene rings is 1. The number of nitrogens with zero attached hydrogens (tertiary/aromatic N) is 2. The molecule has 6 nitrogen and oxygen atoms in total. The van der Waals surface area contributed by atoms with Crippen molar-refractivity contribution in [2.75, 3.05) is 18.5 Å². The number of anilines is 1. The van der Waals surface area contributed by atoms with Gasteiger partial charge in [0.2, 0.25) is 5.91 Å². The monoisotopic (exact) mass is 328 g/mol. The SMILES string of the molecule is Cc1ccc(CN(C)C(=O)CN2C(=O)C(C)Oc3ccccc32)o1. The topological polar surface area (TPSA) is 63.0 Å². The smallest absolute Gasteiger partial charge is 0.268 e. The molecule has 0 fully saturated rings. The summed E-state index contributed by atoms with van der Waals surface area (Å²) in [7, 11) is 1.69. The molecule has 2 heterocycles. The number of carbonyl (C=O) groups is 2. The molecule has 0 N–H and O–H groups in total. The molecule has 0 aliphatic carbocycles. The molecule has 24 heavy (non-hydrogen) atoms. The molecule has 3 rings (SSSR count). The van der Waals surface area contributed by atoms with E-state index < -0.39 is 6.10 Å². The van der Waals surface area contributed by atoms with Gasteiger partial charge in [0.25, 0.3) is 5.91 Å². The second kappa shape index (κ2) is 6.39. The molecule has 0 bridgehead atoms. The van der Waals surface area contributed by atoms with Crippen molar-refractivity contribution in [3.05, 3.63) is 47.9 Å². The number of para-hydroxylation sites is 2. The molecule has 126 valence electrons. The summed E-state index contributed by atoms with van der Waals surface area (Å²) in [6.07, 6.45) is -0.606. The van der Waals surface area contributed by atoms with Crippen LogP contribution in [0.1, 0.15) is 18.4 Å². The van der Waals surface area contributed by atoms with Crippen LogP contribution in [0.4, 0.5) is 5.69 Å². The zero-order chi connectivity index (χ0) is 17.3. The van der Waals surface area contributed by atoms with E-state index in [-0.39, 0.29) is 18.4 Å². The molecule has 0 spiro atoms. The molecular weight excluding hydrogens is 308 g/mol. The van der Waals surface area contributed by atoms with E-state index in [0.29, 0.717) is 23.7 Å². The van der Waals surface area contributed by atoms with Crippen LogP contribution in [0.25, 0.3) is 0 Å². The van der Waals surface area contributed by atoms with Crippen molar-refractivity contribution in [1.29, 1.82) is 0 Å². The molecule has 1 atom stereocenters. The number of carbonyl (C=O) groups excluding carboxylic acids is 2. The van der Waals surface area contributed by atoms with Crippen LogP contribution in [-0.2, 0) is 16.1 Å². The van der Waals surface area contributed by atoms with E-state index in [1.807, 2.05) is 31.2 Å². The number of fused-ring (bicyclic) bond motifs is 1. The van der Waals surface area contributed by atoms with Gasteiger partial charge in [0.15, 0.2) is 6.10 Å². The van der Waals surface area contributed by atoms with Crippen LogP contribution in [0.5, 0.6) is 5.75 Å². The lowest BCUT2D eigenvalue weighted by Crippen LogP contribution is -2.48. The Morgan fingerprint density at radius 3 is 2.71 bits per heavy atom. The van der Waals surface area contributed by atoms with Gasteiger partial charge in [0.1, 0.15) is 23.8 Å². The first-order valence-electron chi connectivity index (χ1n) is 7.82. The van der Waals surface area contributed by atoms with Crippen molar-refractivity contribution in [2.45, 2.75) is 26.5 Å². The summed E-state index contributed by atoms with van der Waals surface area (Å²) in [4.78, 5) is 28.0. The molecule has 6 heteroatoms. The van der Waals surface area contributed by atoms with E-state index in [0.717, 1.165) is 5.76 Å². The fraction of sp³-hybridized carbons (Fsp3) is 0.333. The van der Waals surface area contributed by atoms with Crippen molar-refractivity contribution >= 4 is 17.5 Å². The Balaban J connectivity index is 1.74. The second-order valence-corrected chi connectivity index (χ2v) is 5.91. The van der Waals surface area contributed by atoms with Gasteiger partial charge in [-0.2, -0.15) is 0 Å². The van der Waals surface area contributed by atoms with Gasteiger partial charge < -0.3 is 14.1 Å². The highest BCUT2D eigenvalue weighted by Crippen LogP contribution is 2.33. The van der Waals surface area contributed by atoms with Crippen LogP contribution in [0.3, 0.4) is 0 Å². The van der Waals surface area contributed by atoms with E-state index >= 15 is 0 Å². The fourth-order valence-corrected chi connectivity index (χ4v) is 2.67. The molecule has 1 aliphatic heterocycles. The number of rotatable bonds is 4. The quantitative estimate of drug-likeness (QED) is 0.864. The molecular formula is C18H20N2O4. The average Bonchev–Trinajstić information content (AvgIpc) is 2.96. The standard InChI is InChI=1S/C18H20N2O4/c1-12-8-9-14(23-12)10-19(3)17(21)11-20-15-6-4-5-7-16(15)24-13(2)18(20)22/h4-9,13H,10-11H2,1-3H3. The third kappa shape index (κ3) is 3.13. The number of likely N-dealkylation sites (N-methyl/N-ethyl adjacent to an activating group) is 1. The maximum Gasteiger partial charge on any atom is 0.268 e. The molecule has 1 unspecified atom stereocenters. The van der Waals surface area contributed by atoms with Gasteiger partial charge in [-0.3, -0.25) is 14.5 Å². The van der Waals surface area contributed by atoms with Crippen LogP contribution in [0.15, 0.2) is 40.8 Å². The predicted molar refractivity (Wildman–Crippen MR) is 88.8 cm³/mol. The van der Waals surface area contributed by atoms with Gasteiger partial charge in [-0.25, -0.2) is 0 Å². The minimum Gasteiger partial charge on any atom is -0.479 e. The normalized spacial score (nSPS) is 16.5. The number of hydrogen-bond donors (Lipinski definition) is 0. The van der Waals surface area contributed by atoms with Crippen LogP contribution in [0.2, 0.25) is 0 Å². The minimum absolute atomic E-state index is 0.0280. The molecule has 2 amide bonds. The average molecular weight is 328 g/mol. The number of ether oxygens (including phenoxy) is 1. The van der Waals surface area contributed by atoms with E-state index in [1.165, 1.54) is 4.90 Å². The maximum atomic E-state index is 12.5. The van der Waals surface area contributed by atoms with Crippen molar-refractivity contribution < 1.29 is 18.7 Å². The van der Waals surface area contributed by atoms with E-state index in [1.54, 1.807) is 31.0 Å². The Kier molecular flexibility index (Phi) is 4.29. The van der Waals surface area contributed by atoms with Crippen molar-refractivity contribution in [3.8, 4) is 5.75 Å². The van der Waals surface area contributed by atoms with Crippen molar-refractivity contribution in [2.24, 2.45) is 0 Å².